The maximum absolute atomic E-state index is 12.2. The number of hydrogen-bond donors (Lipinski definition) is 0. The van der Waals surface area contributed by atoms with Crippen molar-refractivity contribution in [1.29, 1.82) is 0 Å². The lowest BCUT2D eigenvalue weighted by atomic mass is 9.99. The van der Waals surface area contributed by atoms with Crippen LogP contribution >= 0.6 is 11.6 Å². The first-order valence-corrected chi connectivity index (χ1v) is 6.25. The van der Waals surface area contributed by atoms with Gasteiger partial charge in [0, 0.05) is 18.5 Å². The Morgan fingerprint density at radius 3 is 3.12 bits per heavy atom. The van der Waals surface area contributed by atoms with E-state index in [1.807, 2.05) is 4.90 Å². The second-order valence-electron chi connectivity index (χ2n) is 4.14. The zero-order valence-electron chi connectivity index (χ0n) is 9.19. The second-order valence-corrected chi connectivity index (χ2v) is 4.52. The molecule has 0 radical (unpaired) electrons. The standard InChI is InChI=1S/C12H16ClNO2/c13-6-4-11-3-1-2-7-14(11)12(15)10-5-8-16-9-10/h5,8-9,11H,1-4,6-7H2. The minimum atomic E-state index is 0.0727. The molecule has 4 heteroatoms. The highest BCUT2D eigenvalue weighted by Gasteiger charge is 2.27. The van der Waals surface area contributed by atoms with E-state index in [2.05, 4.69) is 0 Å². The van der Waals surface area contributed by atoms with E-state index in [0.29, 0.717) is 17.5 Å². The largest absolute Gasteiger partial charge is 0.472 e. The molecule has 1 fully saturated rings. The number of piperidine rings is 1. The predicted octanol–water partition coefficient (Wildman–Crippen LogP) is 2.90. The third-order valence-electron chi connectivity index (χ3n) is 3.10. The molecule has 3 nitrogen and oxygen atoms in total. The SMILES string of the molecule is O=C(c1ccoc1)N1CCCCC1CCCl. The maximum atomic E-state index is 12.2. The van der Waals surface area contributed by atoms with Crippen molar-refractivity contribution in [3.8, 4) is 0 Å². The van der Waals surface area contributed by atoms with Crippen LogP contribution in [0.2, 0.25) is 0 Å². The van der Waals surface area contributed by atoms with Gasteiger partial charge in [-0.2, -0.15) is 0 Å². The van der Waals surface area contributed by atoms with E-state index in [0.717, 1.165) is 25.8 Å². The van der Waals surface area contributed by atoms with Gasteiger partial charge in [0.15, 0.2) is 0 Å². The Morgan fingerprint density at radius 1 is 1.56 bits per heavy atom. The summed E-state index contributed by atoms with van der Waals surface area (Å²) >= 11 is 5.77. The number of halogens is 1. The molecule has 1 atom stereocenters. The lowest BCUT2D eigenvalue weighted by Gasteiger charge is -2.35. The van der Waals surface area contributed by atoms with Crippen LogP contribution < -0.4 is 0 Å². The van der Waals surface area contributed by atoms with Crippen molar-refractivity contribution >= 4 is 17.5 Å². The first-order valence-electron chi connectivity index (χ1n) is 5.72. The fraction of sp³-hybridized carbons (Fsp3) is 0.583. The van der Waals surface area contributed by atoms with Crippen molar-refractivity contribution in [2.75, 3.05) is 12.4 Å². The topological polar surface area (TPSA) is 33.5 Å². The van der Waals surface area contributed by atoms with Gasteiger partial charge in [0.25, 0.3) is 5.91 Å². The molecular weight excluding hydrogens is 226 g/mol. The van der Waals surface area contributed by atoms with E-state index < -0.39 is 0 Å². The summed E-state index contributed by atoms with van der Waals surface area (Å²) in [5.41, 5.74) is 0.640. The smallest absolute Gasteiger partial charge is 0.257 e. The summed E-state index contributed by atoms with van der Waals surface area (Å²) in [6, 6.07) is 2.02. The summed E-state index contributed by atoms with van der Waals surface area (Å²) in [5, 5.41) is 0. The van der Waals surface area contributed by atoms with Crippen molar-refractivity contribution in [1.82, 2.24) is 4.90 Å². The molecule has 1 amide bonds. The summed E-state index contributed by atoms with van der Waals surface area (Å²) in [4.78, 5) is 14.1. The minimum Gasteiger partial charge on any atom is -0.472 e. The normalized spacial score (nSPS) is 21.1. The Bertz CT molecular complexity index is 335. The molecular formula is C12H16ClNO2. The van der Waals surface area contributed by atoms with E-state index in [-0.39, 0.29) is 5.91 Å². The molecule has 16 heavy (non-hydrogen) atoms. The number of carbonyl (C=O) groups is 1. The molecule has 0 bridgehead atoms. The van der Waals surface area contributed by atoms with E-state index in [1.54, 1.807) is 6.07 Å². The zero-order valence-corrected chi connectivity index (χ0v) is 9.95. The first-order chi connectivity index (χ1) is 7.83. The zero-order chi connectivity index (χ0) is 11.4. The number of furan rings is 1. The van der Waals surface area contributed by atoms with Crippen molar-refractivity contribution in [3.63, 3.8) is 0 Å². The Morgan fingerprint density at radius 2 is 2.44 bits per heavy atom. The Labute approximate surface area is 100 Å². The molecule has 1 unspecified atom stereocenters. The van der Waals surface area contributed by atoms with Gasteiger partial charge >= 0.3 is 0 Å². The van der Waals surface area contributed by atoms with Gasteiger partial charge in [-0.3, -0.25) is 4.79 Å². The average Bonchev–Trinajstić information content (AvgIpc) is 2.83. The third-order valence-corrected chi connectivity index (χ3v) is 3.32. The highest BCUT2D eigenvalue weighted by molar-refractivity contribution is 6.17. The molecule has 1 aromatic heterocycles. The third kappa shape index (κ3) is 2.40. The van der Waals surface area contributed by atoms with Crippen LogP contribution in [-0.2, 0) is 0 Å². The van der Waals surface area contributed by atoms with E-state index in [4.69, 9.17) is 16.0 Å². The fourth-order valence-electron chi connectivity index (χ4n) is 2.25. The van der Waals surface area contributed by atoms with Crippen LogP contribution in [0.5, 0.6) is 0 Å². The highest BCUT2D eigenvalue weighted by atomic mass is 35.5. The molecule has 0 aromatic carbocycles. The van der Waals surface area contributed by atoms with Gasteiger partial charge in [-0.15, -0.1) is 11.6 Å². The lowest BCUT2D eigenvalue weighted by Crippen LogP contribution is -2.43. The molecule has 1 saturated heterocycles. The van der Waals surface area contributed by atoms with Crippen molar-refractivity contribution < 1.29 is 9.21 Å². The summed E-state index contributed by atoms with van der Waals surface area (Å²) in [6.45, 7) is 0.839. The molecule has 1 aromatic rings. The minimum absolute atomic E-state index is 0.0727. The number of carbonyl (C=O) groups excluding carboxylic acids is 1. The molecule has 0 aliphatic carbocycles. The van der Waals surface area contributed by atoms with Gasteiger partial charge in [-0.1, -0.05) is 0 Å². The van der Waals surface area contributed by atoms with Crippen molar-refractivity contribution in [3.05, 3.63) is 24.2 Å². The first kappa shape index (κ1) is 11.5. The van der Waals surface area contributed by atoms with Gasteiger partial charge in [0.1, 0.15) is 6.26 Å². The Balaban J connectivity index is 2.08. The molecule has 2 rings (SSSR count). The quantitative estimate of drug-likeness (QED) is 0.763. The maximum Gasteiger partial charge on any atom is 0.257 e. The number of rotatable bonds is 3. The average molecular weight is 242 g/mol. The predicted molar refractivity (Wildman–Crippen MR) is 62.7 cm³/mol. The molecule has 0 spiro atoms. The van der Waals surface area contributed by atoms with Crippen LogP contribution in [0.3, 0.4) is 0 Å². The van der Waals surface area contributed by atoms with Gasteiger partial charge in [-0.05, 0) is 31.7 Å². The molecule has 1 aliphatic heterocycles. The van der Waals surface area contributed by atoms with Gasteiger partial charge < -0.3 is 9.32 Å². The van der Waals surface area contributed by atoms with Crippen molar-refractivity contribution in [2.24, 2.45) is 0 Å². The Hall–Kier alpha value is -0.960. The summed E-state index contributed by atoms with van der Waals surface area (Å²) < 4.78 is 4.95. The van der Waals surface area contributed by atoms with E-state index in [9.17, 15) is 4.79 Å². The van der Waals surface area contributed by atoms with Crippen LogP contribution in [0.25, 0.3) is 0 Å². The summed E-state index contributed by atoms with van der Waals surface area (Å²) in [6.07, 6.45) is 7.27. The number of nitrogens with zero attached hydrogens (tertiary/aromatic N) is 1. The van der Waals surface area contributed by atoms with Crippen LogP contribution in [0.4, 0.5) is 0 Å². The van der Waals surface area contributed by atoms with Crippen LogP contribution in [-0.4, -0.2) is 29.3 Å². The van der Waals surface area contributed by atoms with Crippen LogP contribution in [0, 0.1) is 0 Å². The van der Waals surface area contributed by atoms with E-state index in [1.165, 1.54) is 18.9 Å². The van der Waals surface area contributed by atoms with Gasteiger partial charge in [0.05, 0.1) is 11.8 Å². The molecule has 1 aliphatic rings. The molecule has 0 saturated carbocycles. The molecule has 2 heterocycles. The van der Waals surface area contributed by atoms with E-state index >= 15 is 0 Å². The Kier molecular flexibility index (Phi) is 3.88. The summed E-state index contributed by atoms with van der Waals surface area (Å²) in [7, 11) is 0. The second kappa shape index (κ2) is 5.39. The monoisotopic (exact) mass is 241 g/mol. The van der Waals surface area contributed by atoms with Crippen LogP contribution in [0.15, 0.2) is 23.0 Å². The van der Waals surface area contributed by atoms with Gasteiger partial charge in [-0.25, -0.2) is 0 Å². The lowest BCUT2D eigenvalue weighted by molar-refractivity contribution is 0.0608. The number of alkyl halides is 1. The fourth-order valence-corrected chi connectivity index (χ4v) is 2.50. The van der Waals surface area contributed by atoms with Crippen molar-refractivity contribution in [2.45, 2.75) is 31.7 Å². The van der Waals surface area contributed by atoms with Gasteiger partial charge in [0.2, 0.25) is 0 Å². The number of amides is 1. The molecule has 0 N–H and O–H groups in total. The van der Waals surface area contributed by atoms with Crippen LogP contribution in [0.1, 0.15) is 36.0 Å². The molecule has 88 valence electrons. The highest BCUT2D eigenvalue weighted by Crippen LogP contribution is 2.22. The number of hydrogen-bond acceptors (Lipinski definition) is 2. The summed E-state index contributed by atoms with van der Waals surface area (Å²) in [5.74, 6) is 0.684. The number of likely N-dealkylation sites (tertiary alicyclic amines) is 1.